The van der Waals surface area contributed by atoms with Crippen molar-refractivity contribution in [3.63, 3.8) is 0 Å². The highest BCUT2D eigenvalue weighted by Crippen LogP contribution is 2.33. The molecule has 3 nitrogen and oxygen atoms in total. The molecule has 1 aromatic carbocycles. The molecule has 2 N–H and O–H groups in total. The van der Waals surface area contributed by atoms with Crippen molar-refractivity contribution in [1.82, 2.24) is 15.6 Å². The van der Waals surface area contributed by atoms with Gasteiger partial charge in [-0.2, -0.15) is 0 Å². The third-order valence-electron chi connectivity index (χ3n) is 4.27. The van der Waals surface area contributed by atoms with E-state index in [1.807, 2.05) is 37.4 Å². The first-order chi connectivity index (χ1) is 12.6. The third-order valence-corrected chi connectivity index (χ3v) is 5.56. The summed E-state index contributed by atoms with van der Waals surface area (Å²) in [4.78, 5) is 4.74. The van der Waals surface area contributed by atoms with Crippen LogP contribution >= 0.6 is 27.5 Å². The van der Waals surface area contributed by atoms with Gasteiger partial charge in [-0.25, -0.2) is 4.98 Å². The van der Waals surface area contributed by atoms with Crippen LogP contribution in [0.15, 0.2) is 54.0 Å². The van der Waals surface area contributed by atoms with Crippen molar-refractivity contribution in [2.24, 2.45) is 0 Å². The average Bonchev–Trinajstić information content (AvgIpc) is 2.66. The molecule has 5 heteroatoms. The minimum Gasteiger partial charge on any atom is -0.316 e. The molecule has 1 unspecified atom stereocenters. The molecule has 0 fully saturated rings. The Morgan fingerprint density at radius 3 is 2.77 bits per heavy atom. The fourth-order valence-corrected chi connectivity index (χ4v) is 3.32. The topological polar surface area (TPSA) is 37.0 Å². The molecular formula is C21H25BrClN3. The molecule has 0 spiro atoms. The van der Waals surface area contributed by atoms with E-state index in [1.165, 1.54) is 0 Å². The van der Waals surface area contributed by atoms with Crippen LogP contribution in [0.3, 0.4) is 0 Å². The third kappa shape index (κ3) is 5.52. The van der Waals surface area contributed by atoms with Crippen molar-refractivity contribution in [1.29, 1.82) is 0 Å². The number of likely N-dealkylation sites (N-methyl/N-ethyl adjacent to an activating group) is 1. The van der Waals surface area contributed by atoms with Gasteiger partial charge in [0, 0.05) is 29.2 Å². The molecule has 0 aliphatic heterocycles. The van der Waals surface area contributed by atoms with Crippen LogP contribution in [0.5, 0.6) is 0 Å². The second kappa shape index (κ2) is 10.6. The van der Waals surface area contributed by atoms with E-state index in [0.29, 0.717) is 11.1 Å². The molecule has 2 rings (SSSR count). The Bertz CT molecular complexity index is 761. The van der Waals surface area contributed by atoms with E-state index in [9.17, 15) is 0 Å². The average molecular weight is 435 g/mol. The number of hydrogen-bond donors (Lipinski definition) is 2. The van der Waals surface area contributed by atoms with Crippen LogP contribution in [0, 0.1) is 0 Å². The molecule has 1 aromatic heterocycles. The van der Waals surface area contributed by atoms with Gasteiger partial charge in [0.1, 0.15) is 0 Å². The van der Waals surface area contributed by atoms with Crippen LogP contribution in [0.4, 0.5) is 0 Å². The molecule has 0 saturated carbocycles. The lowest BCUT2D eigenvalue weighted by Crippen LogP contribution is -2.36. The Kier molecular flexibility index (Phi) is 8.52. The molecule has 1 heterocycles. The van der Waals surface area contributed by atoms with Crippen molar-refractivity contribution >= 4 is 33.6 Å². The molecule has 0 aliphatic carbocycles. The Hall–Kier alpha value is -1.46. The lowest BCUT2D eigenvalue weighted by atomic mass is 10.1. The minimum absolute atomic E-state index is 0.424. The fraction of sp³-hybridized carbons (Fsp3) is 0.286. The van der Waals surface area contributed by atoms with E-state index in [2.05, 4.69) is 45.8 Å². The van der Waals surface area contributed by atoms with E-state index in [4.69, 9.17) is 16.6 Å². The summed E-state index contributed by atoms with van der Waals surface area (Å²) in [5.41, 5.74) is 3.74. The highest BCUT2D eigenvalue weighted by Gasteiger charge is 2.11. The zero-order chi connectivity index (χ0) is 18.9. The molecular weight excluding hydrogens is 410 g/mol. The second-order valence-electron chi connectivity index (χ2n) is 6.03. The second-order valence-corrected chi connectivity index (χ2v) is 7.26. The Morgan fingerprint density at radius 2 is 2.08 bits per heavy atom. The van der Waals surface area contributed by atoms with Gasteiger partial charge >= 0.3 is 0 Å². The summed E-state index contributed by atoms with van der Waals surface area (Å²) in [6.07, 6.45) is 5.82. The van der Waals surface area contributed by atoms with Crippen molar-refractivity contribution in [3.8, 4) is 11.3 Å². The van der Waals surface area contributed by atoms with Crippen molar-refractivity contribution in [2.45, 2.75) is 25.4 Å². The number of nitrogens with zero attached hydrogens (tertiary/aromatic N) is 1. The SMILES string of the molecule is C=CCCC(CNCc1ccc(-c2cccc(Br)c2Cl)nc1C=C)NC. The quantitative estimate of drug-likeness (QED) is 0.488. The van der Waals surface area contributed by atoms with Gasteiger partial charge in [0.15, 0.2) is 0 Å². The number of rotatable bonds is 10. The van der Waals surface area contributed by atoms with Gasteiger partial charge in [-0.1, -0.05) is 42.5 Å². The normalized spacial score (nSPS) is 12.0. The first-order valence-electron chi connectivity index (χ1n) is 8.66. The van der Waals surface area contributed by atoms with Crippen LogP contribution in [-0.2, 0) is 6.54 Å². The van der Waals surface area contributed by atoms with Crippen molar-refractivity contribution in [2.75, 3.05) is 13.6 Å². The Labute approximate surface area is 169 Å². The summed E-state index contributed by atoms with van der Waals surface area (Å²) >= 11 is 9.86. The number of hydrogen-bond acceptors (Lipinski definition) is 3. The number of allylic oxidation sites excluding steroid dienone is 1. The highest BCUT2D eigenvalue weighted by atomic mass is 79.9. The van der Waals surface area contributed by atoms with E-state index in [1.54, 1.807) is 6.08 Å². The maximum absolute atomic E-state index is 6.40. The molecule has 2 aromatic rings. The lowest BCUT2D eigenvalue weighted by molar-refractivity contribution is 0.482. The van der Waals surface area contributed by atoms with Gasteiger partial charge in [0.2, 0.25) is 0 Å². The zero-order valence-corrected chi connectivity index (χ0v) is 17.4. The Balaban J connectivity index is 2.10. The van der Waals surface area contributed by atoms with Crippen LogP contribution in [0.1, 0.15) is 24.1 Å². The molecule has 0 bridgehead atoms. The molecule has 0 radical (unpaired) electrons. The van der Waals surface area contributed by atoms with Gasteiger partial charge in [-0.3, -0.25) is 0 Å². The predicted octanol–water partition coefficient (Wildman–Crippen LogP) is 5.45. The predicted molar refractivity (Wildman–Crippen MR) is 116 cm³/mol. The van der Waals surface area contributed by atoms with Crippen molar-refractivity contribution < 1.29 is 0 Å². The molecule has 0 amide bonds. The number of aromatic nitrogens is 1. The first kappa shape index (κ1) is 20.8. The maximum Gasteiger partial charge on any atom is 0.0724 e. The summed E-state index contributed by atoms with van der Waals surface area (Å²) in [5, 5.41) is 7.49. The Morgan fingerprint density at radius 1 is 1.27 bits per heavy atom. The molecule has 138 valence electrons. The minimum atomic E-state index is 0.424. The fourth-order valence-electron chi connectivity index (χ4n) is 2.73. The van der Waals surface area contributed by atoms with Crippen molar-refractivity contribution in [3.05, 3.63) is 70.3 Å². The lowest BCUT2D eigenvalue weighted by Gasteiger charge is -2.17. The molecule has 1 atom stereocenters. The zero-order valence-electron chi connectivity index (χ0n) is 15.1. The summed E-state index contributed by atoms with van der Waals surface area (Å²) in [5.74, 6) is 0. The van der Waals surface area contributed by atoms with Crippen LogP contribution in [-0.4, -0.2) is 24.6 Å². The number of benzene rings is 1. The number of nitrogens with one attached hydrogen (secondary N) is 2. The standard InChI is InChI=1S/C21H25BrClN3/c1-4-6-8-16(24-3)14-25-13-15-11-12-20(26-19(15)5-2)17-9-7-10-18(22)21(17)23/h4-5,7,9-12,16,24-25H,1-2,6,8,13-14H2,3H3. The van der Waals surface area contributed by atoms with Crippen LogP contribution < -0.4 is 10.6 Å². The van der Waals surface area contributed by atoms with E-state index in [0.717, 1.165) is 52.9 Å². The van der Waals surface area contributed by atoms with Gasteiger partial charge in [0.25, 0.3) is 0 Å². The molecule has 0 aliphatic rings. The summed E-state index contributed by atoms with van der Waals surface area (Å²) < 4.78 is 0.863. The maximum atomic E-state index is 6.40. The van der Waals surface area contributed by atoms with Gasteiger partial charge in [0.05, 0.1) is 16.4 Å². The largest absolute Gasteiger partial charge is 0.316 e. The summed E-state index contributed by atoms with van der Waals surface area (Å²) in [6, 6.07) is 10.4. The molecule has 0 saturated heterocycles. The van der Waals surface area contributed by atoms with E-state index >= 15 is 0 Å². The smallest absolute Gasteiger partial charge is 0.0724 e. The van der Waals surface area contributed by atoms with Gasteiger partial charge < -0.3 is 10.6 Å². The number of halogens is 2. The molecule has 26 heavy (non-hydrogen) atoms. The first-order valence-corrected chi connectivity index (χ1v) is 9.83. The number of pyridine rings is 1. The van der Waals surface area contributed by atoms with Crippen LogP contribution in [0.2, 0.25) is 5.02 Å². The van der Waals surface area contributed by atoms with Crippen LogP contribution in [0.25, 0.3) is 17.3 Å². The highest BCUT2D eigenvalue weighted by molar-refractivity contribution is 9.10. The summed E-state index contributed by atoms with van der Waals surface area (Å²) in [7, 11) is 1.99. The van der Waals surface area contributed by atoms with Gasteiger partial charge in [-0.05, 0) is 59.6 Å². The van der Waals surface area contributed by atoms with Gasteiger partial charge in [-0.15, -0.1) is 6.58 Å². The summed E-state index contributed by atoms with van der Waals surface area (Å²) in [6.45, 7) is 9.32. The monoisotopic (exact) mass is 433 g/mol. The van der Waals surface area contributed by atoms with E-state index in [-0.39, 0.29) is 0 Å². The van der Waals surface area contributed by atoms with E-state index < -0.39 is 0 Å².